The van der Waals surface area contributed by atoms with Crippen molar-refractivity contribution in [2.45, 2.75) is 39.2 Å². The van der Waals surface area contributed by atoms with E-state index < -0.39 is 0 Å². The van der Waals surface area contributed by atoms with Gasteiger partial charge in [-0.3, -0.25) is 4.79 Å². The Hall–Kier alpha value is -1.58. The first-order chi connectivity index (χ1) is 10.7. The van der Waals surface area contributed by atoms with Crippen molar-refractivity contribution in [2.75, 3.05) is 7.05 Å². The van der Waals surface area contributed by atoms with Gasteiger partial charge in [-0.1, -0.05) is 74.5 Å². The monoisotopic (exact) mass is 331 g/mol. The number of benzene rings is 2. The van der Waals surface area contributed by atoms with Gasteiger partial charge in [-0.25, -0.2) is 0 Å². The molecule has 0 unspecified atom stereocenters. The van der Waals surface area contributed by atoms with Gasteiger partial charge in [0.1, 0.15) is 5.78 Å². The van der Waals surface area contributed by atoms with E-state index in [1.54, 1.807) is 6.92 Å². The van der Waals surface area contributed by atoms with Crippen molar-refractivity contribution in [3.8, 4) is 0 Å². The minimum absolute atomic E-state index is 0. The van der Waals surface area contributed by atoms with Gasteiger partial charge in [0.05, 0.1) is 6.04 Å². The second kappa shape index (κ2) is 11.9. The van der Waals surface area contributed by atoms with E-state index in [2.05, 4.69) is 29.6 Å². The van der Waals surface area contributed by atoms with E-state index in [-0.39, 0.29) is 31.2 Å². The molecule has 2 aromatic rings. The number of ketones is 1. The van der Waals surface area contributed by atoms with Crippen molar-refractivity contribution in [1.82, 2.24) is 5.32 Å². The number of hydrogen-bond acceptors (Lipinski definition) is 2. The Bertz CT molecular complexity index is 503. The zero-order valence-electron chi connectivity index (χ0n) is 14.5. The lowest BCUT2D eigenvalue weighted by Gasteiger charge is -2.22. The fraction of sp³-hybridized carbons (Fsp3) is 0.350. The largest absolute Gasteiger partial charge is 0.311 e. The van der Waals surface area contributed by atoms with Crippen LogP contribution in [0.3, 0.4) is 0 Å². The third-order valence-corrected chi connectivity index (χ3v) is 3.71. The molecule has 2 aromatic carbocycles. The fourth-order valence-electron chi connectivity index (χ4n) is 2.56. The first-order valence-electron chi connectivity index (χ1n) is 8.00. The Morgan fingerprint density at radius 3 is 1.61 bits per heavy atom. The number of carbonyl (C=O) groups is 1. The molecule has 0 heterocycles. The molecule has 0 aromatic heterocycles. The van der Waals surface area contributed by atoms with Crippen molar-refractivity contribution in [3.05, 3.63) is 71.8 Å². The number of rotatable bonds is 6. The average Bonchev–Trinajstić information content (AvgIpc) is 2.59. The van der Waals surface area contributed by atoms with E-state index in [4.69, 9.17) is 0 Å². The molecule has 0 aliphatic carbocycles. The van der Waals surface area contributed by atoms with Crippen LogP contribution in [0.25, 0.3) is 0 Å². The number of nitrogens with one attached hydrogen (secondary N) is 1. The van der Waals surface area contributed by atoms with E-state index in [9.17, 15) is 4.79 Å². The molecule has 0 aliphatic rings. The molecule has 0 saturated heterocycles. The zero-order valence-corrected chi connectivity index (χ0v) is 15.5. The highest BCUT2D eigenvalue weighted by atomic mass is 32.1. The minimum atomic E-state index is -0.111. The summed E-state index contributed by atoms with van der Waals surface area (Å²) in [4.78, 5) is 11.7. The lowest BCUT2D eigenvalue weighted by atomic mass is 9.85. The van der Waals surface area contributed by atoms with E-state index in [1.807, 2.05) is 57.3 Å². The molecule has 1 N–H and O–H groups in total. The molecule has 3 heteroatoms. The maximum Gasteiger partial charge on any atom is 0.146 e. The zero-order chi connectivity index (χ0) is 16.4. The summed E-state index contributed by atoms with van der Waals surface area (Å²) in [5, 5.41) is 3.12. The minimum Gasteiger partial charge on any atom is -0.311 e. The predicted molar refractivity (Wildman–Crippen MR) is 105 cm³/mol. The molecular weight excluding hydrogens is 302 g/mol. The van der Waals surface area contributed by atoms with Crippen molar-refractivity contribution in [3.63, 3.8) is 0 Å². The molecule has 0 amide bonds. The number of likely N-dealkylation sites (N-methyl/N-ethyl adjacent to an activating group) is 1. The summed E-state index contributed by atoms with van der Waals surface area (Å²) >= 11 is 0. The molecule has 0 radical (unpaired) electrons. The molecule has 1 atom stereocenters. The quantitative estimate of drug-likeness (QED) is 0.843. The molecule has 0 fully saturated rings. The first-order valence-corrected chi connectivity index (χ1v) is 8.00. The van der Waals surface area contributed by atoms with E-state index in [0.29, 0.717) is 0 Å². The molecule has 0 saturated carbocycles. The average molecular weight is 332 g/mol. The standard InChI is InChI=1S/C18H21NO.C2H6.H2S/c1-14(20)18(19-2)13-17(15-9-5-3-6-10-15)16-11-7-4-8-12-16;1-2;/h3-12,17-19H,13H2,1-2H3;1-2H3;1H2/t18-;;/m0../s1. The Labute approximate surface area is 147 Å². The SMILES string of the molecule is CC.CN[C@@H](CC(c1ccccc1)c1ccccc1)C(C)=O.S. The highest BCUT2D eigenvalue weighted by Crippen LogP contribution is 2.29. The van der Waals surface area contributed by atoms with Gasteiger partial charge in [0.25, 0.3) is 0 Å². The third-order valence-electron chi connectivity index (χ3n) is 3.71. The van der Waals surface area contributed by atoms with Crippen molar-refractivity contribution < 1.29 is 4.79 Å². The van der Waals surface area contributed by atoms with Crippen LogP contribution in [0.2, 0.25) is 0 Å². The van der Waals surface area contributed by atoms with Crippen LogP contribution in [-0.4, -0.2) is 18.9 Å². The van der Waals surface area contributed by atoms with Gasteiger partial charge in [0.2, 0.25) is 0 Å². The van der Waals surface area contributed by atoms with Crippen LogP contribution < -0.4 is 5.32 Å². The maximum absolute atomic E-state index is 11.7. The third kappa shape index (κ3) is 6.59. The van der Waals surface area contributed by atoms with Gasteiger partial charge < -0.3 is 5.32 Å². The van der Waals surface area contributed by atoms with Crippen molar-refractivity contribution in [2.24, 2.45) is 0 Å². The molecule has 2 rings (SSSR count). The summed E-state index contributed by atoms with van der Waals surface area (Å²) in [6.07, 6.45) is 0.778. The highest BCUT2D eigenvalue weighted by molar-refractivity contribution is 7.59. The second-order valence-corrected chi connectivity index (χ2v) is 5.06. The van der Waals surface area contributed by atoms with E-state index in [0.717, 1.165) is 6.42 Å². The Morgan fingerprint density at radius 1 is 0.913 bits per heavy atom. The second-order valence-electron chi connectivity index (χ2n) is 5.06. The lowest BCUT2D eigenvalue weighted by Crippen LogP contribution is -2.34. The smallest absolute Gasteiger partial charge is 0.146 e. The molecule has 0 aliphatic heterocycles. The van der Waals surface area contributed by atoms with E-state index >= 15 is 0 Å². The first kappa shape index (κ1) is 21.4. The summed E-state index contributed by atoms with van der Waals surface area (Å²) < 4.78 is 0. The summed E-state index contributed by atoms with van der Waals surface area (Å²) in [5.41, 5.74) is 2.50. The van der Waals surface area contributed by atoms with Crippen LogP contribution in [0, 0.1) is 0 Å². The van der Waals surface area contributed by atoms with Gasteiger partial charge >= 0.3 is 0 Å². The van der Waals surface area contributed by atoms with Gasteiger partial charge in [0.15, 0.2) is 0 Å². The Kier molecular flexibility index (Phi) is 11.1. The summed E-state index contributed by atoms with van der Waals surface area (Å²) in [6.45, 7) is 5.65. The molecule has 2 nitrogen and oxygen atoms in total. The van der Waals surface area contributed by atoms with Crippen LogP contribution in [0.4, 0.5) is 0 Å². The van der Waals surface area contributed by atoms with E-state index in [1.165, 1.54) is 11.1 Å². The van der Waals surface area contributed by atoms with Gasteiger partial charge in [-0.2, -0.15) is 13.5 Å². The van der Waals surface area contributed by atoms with Crippen LogP contribution in [0.5, 0.6) is 0 Å². The molecule has 23 heavy (non-hydrogen) atoms. The predicted octanol–water partition coefficient (Wildman–Crippen LogP) is 4.52. The van der Waals surface area contributed by atoms with Gasteiger partial charge in [0, 0.05) is 5.92 Å². The summed E-state index contributed by atoms with van der Waals surface area (Å²) in [7, 11) is 1.85. The van der Waals surface area contributed by atoms with Crippen molar-refractivity contribution >= 4 is 19.3 Å². The summed E-state index contributed by atoms with van der Waals surface area (Å²) in [5.74, 6) is 0.420. The van der Waals surface area contributed by atoms with Gasteiger partial charge in [-0.15, -0.1) is 0 Å². The fourth-order valence-corrected chi connectivity index (χ4v) is 2.56. The van der Waals surface area contributed by atoms with Crippen LogP contribution in [-0.2, 0) is 4.79 Å². The Morgan fingerprint density at radius 2 is 1.30 bits per heavy atom. The molecule has 126 valence electrons. The van der Waals surface area contributed by atoms with Crippen LogP contribution in [0.1, 0.15) is 44.2 Å². The van der Waals surface area contributed by atoms with Crippen molar-refractivity contribution in [1.29, 1.82) is 0 Å². The summed E-state index contributed by atoms with van der Waals surface area (Å²) in [6, 6.07) is 20.6. The number of hydrogen-bond donors (Lipinski definition) is 1. The molecule has 0 bridgehead atoms. The molecule has 0 spiro atoms. The normalized spacial score (nSPS) is 11.0. The van der Waals surface area contributed by atoms with Crippen LogP contribution in [0.15, 0.2) is 60.7 Å². The Balaban J connectivity index is 0.00000155. The van der Waals surface area contributed by atoms with Gasteiger partial charge in [-0.05, 0) is 31.5 Å². The lowest BCUT2D eigenvalue weighted by molar-refractivity contribution is -0.119. The van der Waals surface area contributed by atoms with Crippen LogP contribution >= 0.6 is 13.5 Å². The number of Topliss-reactive ketones (excluding diaryl/α,β-unsaturated/α-hetero) is 1. The topological polar surface area (TPSA) is 29.1 Å². The maximum atomic E-state index is 11.7. The number of carbonyl (C=O) groups excluding carboxylic acids is 1. The highest BCUT2D eigenvalue weighted by Gasteiger charge is 2.21. The molecular formula is C20H29NOS.